The summed E-state index contributed by atoms with van der Waals surface area (Å²) < 4.78 is 21.4. The van der Waals surface area contributed by atoms with Gasteiger partial charge in [-0.3, -0.25) is 0 Å². The maximum absolute atomic E-state index is 11.3. The molecule has 24 heavy (non-hydrogen) atoms. The lowest BCUT2D eigenvalue weighted by molar-refractivity contribution is -0.139. The molecule has 0 radical (unpaired) electrons. The number of unbranched alkanes of at least 4 members (excludes halogenated alkanes) is 1. The third-order valence-electron chi connectivity index (χ3n) is 3.56. The number of esters is 2. The van der Waals surface area contributed by atoms with Crippen molar-refractivity contribution in [1.82, 2.24) is 0 Å². The fourth-order valence-electron chi connectivity index (χ4n) is 2.03. The Bertz CT molecular complexity index is 442. The van der Waals surface area contributed by atoms with E-state index in [-0.39, 0.29) is 11.9 Å². The van der Waals surface area contributed by atoms with E-state index in [1.165, 1.54) is 0 Å². The van der Waals surface area contributed by atoms with E-state index in [0.717, 1.165) is 24.9 Å². The molecule has 0 aromatic carbocycles. The number of hydrogen-bond acceptors (Lipinski definition) is 6. The summed E-state index contributed by atoms with van der Waals surface area (Å²) in [5.41, 5.74) is 0.790. The van der Waals surface area contributed by atoms with E-state index in [1.54, 1.807) is 28.1 Å². The molecule has 0 amide bonds. The normalized spacial score (nSPS) is 11.0. The van der Waals surface area contributed by atoms with Gasteiger partial charge >= 0.3 is 20.5 Å². The van der Waals surface area contributed by atoms with Crippen LogP contribution in [0.5, 0.6) is 0 Å². The Morgan fingerprint density at radius 1 is 0.792 bits per heavy atom. The van der Waals surface area contributed by atoms with Gasteiger partial charge in [-0.25, -0.2) is 9.59 Å². The van der Waals surface area contributed by atoms with Crippen molar-refractivity contribution in [3.8, 4) is 0 Å². The molecule has 0 aromatic heterocycles. The van der Waals surface area contributed by atoms with Crippen LogP contribution in [0.25, 0.3) is 0 Å². The molecule has 0 saturated carbocycles. The van der Waals surface area contributed by atoms with Gasteiger partial charge in [0.25, 0.3) is 0 Å². The summed E-state index contributed by atoms with van der Waals surface area (Å²) in [5, 5.41) is 0. The van der Waals surface area contributed by atoms with Crippen LogP contribution in [0.3, 0.4) is 0 Å². The third-order valence-corrected chi connectivity index (χ3v) is 7.28. The fourth-order valence-corrected chi connectivity index (χ4v) is 4.74. The molecule has 0 aliphatic carbocycles. The average molecular weight is 359 g/mol. The highest BCUT2D eigenvalue weighted by Crippen LogP contribution is 2.22. The molecule has 0 aliphatic heterocycles. The summed E-state index contributed by atoms with van der Waals surface area (Å²) in [6, 6.07) is 1.52. The number of hydrogen-bond donors (Lipinski definition) is 0. The molecule has 0 heterocycles. The predicted octanol–water partition coefficient (Wildman–Crippen LogP) is 3.13. The first kappa shape index (κ1) is 22.6. The van der Waals surface area contributed by atoms with E-state index >= 15 is 0 Å². The van der Waals surface area contributed by atoms with Crippen LogP contribution in [0.1, 0.15) is 33.1 Å². The lowest BCUT2D eigenvalue weighted by Gasteiger charge is -2.27. The fraction of sp³-hybridized carbons (Fsp3) is 0.647. The Hall–Kier alpha value is -1.44. The lowest BCUT2D eigenvalue weighted by atomic mass is 10.3. The molecule has 0 N–H and O–H groups in total. The molecule has 0 aliphatic rings. The van der Waals surface area contributed by atoms with Gasteiger partial charge in [0.05, 0.1) is 13.2 Å². The number of carbonyl (C=O) groups excluding carboxylic acids is 2. The molecular weight excluding hydrogens is 328 g/mol. The smallest absolute Gasteiger partial charge is 0.337 e. The van der Waals surface area contributed by atoms with E-state index < -0.39 is 8.56 Å². The predicted molar refractivity (Wildman–Crippen MR) is 94.8 cm³/mol. The van der Waals surface area contributed by atoms with Crippen molar-refractivity contribution >= 4 is 20.5 Å². The van der Waals surface area contributed by atoms with Crippen molar-refractivity contribution < 1.29 is 27.9 Å². The Balaban J connectivity index is 4.12. The number of ether oxygens (including phenoxy) is 2. The van der Waals surface area contributed by atoms with Crippen LogP contribution in [0.2, 0.25) is 12.1 Å². The Morgan fingerprint density at radius 3 is 1.62 bits per heavy atom. The topological polar surface area (TPSA) is 71.1 Å². The van der Waals surface area contributed by atoms with Gasteiger partial charge in [0, 0.05) is 25.4 Å². The highest BCUT2D eigenvalue weighted by atomic mass is 28.4. The molecule has 0 saturated heterocycles. The molecule has 0 aromatic rings. The van der Waals surface area contributed by atoms with E-state index in [1.807, 2.05) is 0 Å². The minimum Gasteiger partial charge on any atom is -0.462 e. The van der Waals surface area contributed by atoms with Gasteiger partial charge in [-0.05, 0) is 45.2 Å². The SMILES string of the molecule is C=C(C)C(=O)OCCCC[Si](CCCOC(=O)C(=C)C)(OC)OC. The van der Waals surface area contributed by atoms with Gasteiger partial charge < -0.3 is 18.3 Å². The molecule has 7 heteroatoms. The summed E-state index contributed by atoms with van der Waals surface area (Å²) in [5.74, 6) is -0.743. The molecule has 0 bridgehead atoms. The van der Waals surface area contributed by atoms with Crippen molar-refractivity contribution in [2.75, 3.05) is 27.4 Å². The standard InChI is InChI=1S/C17H30O6Si/c1-14(2)16(18)22-10-7-8-12-24(20-5,21-6)13-9-11-23-17(19)15(3)4/h1,3,7-13H2,2,4-6H3. The van der Waals surface area contributed by atoms with Gasteiger partial charge in [-0.15, -0.1) is 0 Å². The van der Waals surface area contributed by atoms with Crippen LogP contribution >= 0.6 is 0 Å². The summed E-state index contributed by atoms with van der Waals surface area (Å²) in [6.45, 7) is 11.0. The second kappa shape index (κ2) is 12.0. The minimum absolute atomic E-state index is 0.323. The van der Waals surface area contributed by atoms with Gasteiger partial charge in [0.1, 0.15) is 0 Å². The van der Waals surface area contributed by atoms with Crippen LogP contribution in [0.15, 0.2) is 24.3 Å². The zero-order valence-electron chi connectivity index (χ0n) is 15.3. The van der Waals surface area contributed by atoms with E-state index in [0.29, 0.717) is 30.8 Å². The molecule has 6 nitrogen and oxygen atoms in total. The van der Waals surface area contributed by atoms with E-state index in [9.17, 15) is 9.59 Å². The number of carbonyl (C=O) groups is 2. The molecule has 0 rings (SSSR count). The average Bonchev–Trinajstić information content (AvgIpc) is 2.55. The highest BCUT2D eigenvalue weighted by Gasteiger charge is 2.34. The molecule has 0 spiro atoms. The first-order valence-corrected chi connectivity index (χ1v) is 10.3. The highest BCUT2D eigenvalue weighted by molar-refractivity contribution is 6.67. The van der Waals surface area contributed by atoms with Gasteiger partial charge in [0.2, 0.25) is 0 Å². The molecule has 0 unspecified atom stereocenters. The molecule has 0 atom stereocenters. The maximum atomic E-state index is 11.3. The Morgan fingerprint density at radius 2 is 1.21 bits per heavy atom. The van der Waals surface area contributed by atoms with Crippen molar-refractivity contribution in [3.05, 3.63) is 24.3 Å². The Labute approximate surface area is 146 Å². The summed E-state index contributed by atoms with van der Waals surface area (Å²) in [7, 11) is 0.986. The monoisotopic (exact) mass is 358 g/mol. The third kappa shape index (κ3) is 9.00. The van der Waals surface area contributed by atoms with Gasteiger partial charge in [0.15, 0.2) is 0 Å². The van der Waals surface area contributed by atoms with Crippen LogP contribution < -0.4 is 0 Å². The summed E-state index contributed by atoms with van der Waals surface area (Å²) in [6.07, 6.45) is 2.26. The lowest BCUT2D eigenvalue weighted by Crippen LogP contribution is -2.40. The molecule has 0 fully saturated rings. The summed E-state index contributed by atoms with van der Waals surface area (Å²) in [4.78, 5) is 22.6. The largest absolute Gasteiger partial charge is 0.462 e. The van der Waals surface area contributed by atoms with Crippen molar-refractivity contribution in [3.63, 3.8) is 0 Å². The van der Waals surface area contributed by atoms with Crippen LogP contribution in [0, 0.1) is 0 Å². The zero-order valence-corrected chi connectivity index (χ0v) is 16.3. The van der Waals surface area contributed by atoms with Crippen molar-refractivity contribution in [2.45, 2.75) is 45.2 Å². The van der Waals surface area contributed by atoms with E-state index in [2.05, 4.69) is 13.2 Å². The summed E-state index contributed by atoms with van der Waals surface area (Å²) >= 11 is 0. The van der Waals surface area contributed by atoms with Crippen LogP contribution in [-0.2, 0) is 27.9 Å². The van der Waals surface area contributed by atoms with Crippen LogP contribution in [0.4, 0.5) is 0 Å². The van der Waals surface area contributed by atoms with E-state index in [4.69, 9.17) is 18.3 Å². The zero-order chi connectivity index (χ0) is 18.6. The van der Waals surface area contributed by atoms with Crippen molar-refractivity contribution in [2.24, 2.45) is 0 Å². The molecule has 138 valence electrons. The second-order valence-corrected chi connectivity index (χ2v) is 9.35. The number of rotatable bonds is 13. The molecular formula is C17H30O6Si. The first-order valence-electron chi connectivity index (χ1n) is 8.03. The van der Waals surface area contributed by atoms with Crippen LogP contribution in [-0.4, -0.2) is 47.9 Å². The Kier molecular flexibility index (Phi) is 11.3. The minimum atomic E-state index is -2.31. The first-order chi connectivity index (χ1) is 11.3. The quantitative estimate of drug-likeness (QED) is 0.218. The second-order valence-electron chi connectivity index (χ2n) is 5.71. The van der Waals surface area contributed by atoms with Gasteiger partial charge in [-0.1, -0.05) is 13.2 Å². The maximum Gasteiger partial charge on any atom is 0.337 e. The van der Waals surface area contributed by atoms with Gasteiger partial charge in [-0.2, -0.15) is 0 Å². The van der Waals surface area contributed by atoms with Crippen molar-refractivity contribution in [1.29, 1.82) is 0 Å².